The Bertz CT molecular complexity index is 756. The highest BCUT2D eigenvalue weighted by molar-refractivity contribution is 7.09. The van der Waals surface area contributed by atoms with E-state index in [9.17, 15) is 9.59 Å². The predicted octanol–water partition coefficient (Wildman–Crippen LogP) is 1.38. The summed E-state index contributed by atoms with van der Waals surface area (Å²) in [6, 6.07) is 7.04. The molecule has 24 heavy (non-hydrogen) atoms. The number of thiazole rings is 1. The van der Waals surface area contributed by atoms with Crippen molar-refractivity contribution < 1.29 is 19.4 Å². The van der Waals surface area contributed by atoms with Gasteiger partial charge in [-0.05, 0) is 24.3 Å². The number of ether oxygens (including phenoxy) is 1. The molecule has 1 aromatic carbocycles. The summed E-state index contributed by atoms with van der Waals surface area (Å²) in [5.41, 5.74) is 0.847. The molecule has 1 aliphatic rings. The number of rotatable bonds is 7. The third-order valence-corrected chi connectivity index (χ3v) is 4.07. The van der Waals surface area contributed by atoms with E-state index in [0.29, 0.717) is 18.0 Å². The lowest BCUT2D eigenvalue weighted by molar-refractivity contribution is -0.137. The van der Waals surface area contributed by atoms with Crippen molar-refractivity contribution in [1.29, 1.82) is 0 Å². The summed E-state index contributed by atoms with van der Waals surface area (Å²) in [7, 11) is 0. The quantitative estimate of drug-likeness (QED) is 0.737. The molecular weight excluding hydrogens is 330 g/mol. The van der Waals surface area contributed by atoms with Gasteiger partial charge in [-0.3, -0.25) is 14.5 Å². The number of benzene rings is 1. The maximum atomic E-state index is 12.0. The number of amides is 2. The van der Waals surface area contributed by atoms with E-state index >= 15 is 0 Å². The maximum absolute atomic E-state index is 12.0. The van der Waals surface area contributed by atoms with Crippen LogP contribution in [0.2, 0.25) is 0 Å². The van der Waals surface area contributed by atoms with Gasteiger partial charge in [0.25, 0.3) is 11.8 Å². The van der Waals surface area contributed by atoms with Gasteiger partial charge >= 0.3 is 0 Å². The van der Waals surface area contributed by atoms with Crippen LogP contribution in [0.4, 0.5) is 5.69 Å². The third-order valence-electron chi connectivity index (χ3n) is 3.31. The van der Waals surface area contributed by atoms with Gasteiger partial charge in [-0.1, -0.05) is 0 Å². The highest BCUT2D eigenvalue weighted by Crippen LogP contribution is 2.21. The summed E-state index contributed by atoms with van der Waals surface area (Å²) in [6.45, 7) is 0.130. The molecule has 2 N–H and O–H groups in total. The van der Waals surface area contributed by atoms with Gasteiger partial charge in [0, 0.05) is 23.3 Å². The summed E-state index contributed by atoms with van der Waals surface area (Å²) < 4.78 is 5.61. The van der Waals surface area contributed by atoms with Crippen LogP contribution in [0.25, 0.3) is 0 Å². The smallest absolute Gasteiger partial charge is 0.277 e. The summed E-state index contributed by atoms with van der Waals surface area (Å²) in [6.07, 6.45) is 2.95. The summed E-state index contributed by atoms with van der Waals surface area (Å²) >= 11 is 1.52. The molecule has 1 aromatic heterocycles. The third kappa shape index (κ3) is 3.61. The summed E-state index contributed by atoms with van der Waals surface area (Å²) in [5, 5.41) is 14.6. The number of hydrogen-bond donors (Lipinski definition) is 2. The average Bonchev–Trinajstić information content (AvgIpc) is 3.19. The zero-order chi connectivity index (χ0) is 16.9. The fourth-order valence-corrected chi connectivity index (χ4v) is 2.70. The molecule has 2 amide bonds. The fourth-order valence-electron chi connectivity index (χ4n) is 2.17. The summed E-state index contributed by atoms with van der Waals surface area (Å²) in [5.74, 6) is -0.196. The van der Waals surface area contributed by atoms with E-state index in [4.69, 9.17) is 9.84 Å². The van der Waals surface area contributed by atoms with Gasteiger partial charge in [-0.2, -0.15) is 0 Å². The second kappa shape index (κ2) is 7.24. The second-order valence-electron chi connectivity index (χ2n) is 4.94. The minimum absolute atomic E-state index is 0.0110. The van der Waals surface area contributed by atoms with Crippen molar-refractivity contribution in [1.82, 2.24) is 9.88 Å². The highest BCUT2D eigenvalue weighted by Gasteiger charge is 2.30. The number of β-amino-alcohol motifs (C(OH)–C–C–N with tert-alkyl or cyclic N) is 1. The van der Waals surface area contributed by atoms with Gasteiger partial charge in [0.15, 0.2) is 0 Å². The van der Waals surface area contributed by atoms with Crippen LogP contribution in [0.5, 0.6) is 5.75 Å². The zero-order valence-corrected chi connectivity index (χ0v) is 13.5. The van der Waals surface area contributed by atoms with Crippen molar-refractivity contribution in [3.05, 3.63) is 52.6 Å². The van der Waals surface area contributed by atoms with Gasteiger partial charge in [0.05, 0.1) is 13.2 Å². The van der Waals surface area contributed by atoms with E-state index < -0.39 is 11.8 Å². The fraction of sp³-hybridized carbons (Fsp3) is 0.188. The van der Waals surface area contributed by atoms with Crippen molar-refractivity contribution in [2.45, 2.75) is 6.61 Å². The number of carbonyl (C=O) groups is 2. The van der Waals surface area contributed by atoms with Gasteiger partial charge in [-0.15, -0.1) is 11.3 Å². The van der Waals surface area contributed by atoms with Crippen molar-refractivity contribution in [3.63, 3.8) is 0 Å². The van der Waals surface area contributed by atoms with Gasteiger partial charge < -0.3 is 15.2 Å². The molecule has 0 bridgehead atoms. The number of nitrogens with one attached hydrogen (secondary N) is 1. The van der Waals surface area contributed by atoms with Crippen molar-refractivity contribution in [2.75, 3.05) is 18.5 Å². The van der Waals surface area contributed by atoms with Gasteiger partial charge in [0.2, 0.25) is 0 Å². The van der Waals surface area contributed by atoms with E-state index in [1.54, 1.807) is 30.5 Å². The molecule has 3 rings (SSSR count). The number of imide groups is 1. The Labute approximate surface area is 142 Å². The first-order chi connectivity index (χ1) is 11.7. The molecule has 0 aliphatic carbocycles. The Morgan fingerprint density at radius 1 is 1.25 bits per heavy atom. The van der Waals surface area contributed by atoms with Crippen LogP contribution in [0, 0.1) is 0 Å². The molecule has 0 spiro atoms. The molecular formula is C16H15N3O4S. The maximum Gasteiger partial charge on any atom is 0.277 e. The lowest BCUT2D eigenvalue weighted by atomic mass is 10.3. The molecule has 2 aromatic rings. The molecule has 8 heteroatoms. The van der Waals surface area contributed by atoms with Crippen molar-refractivity contribution >= 4 is 28.8 Å². The molecule has 1 aliphatic heterocycles. The Kier molecular flexibility index (Phi) is 4.88. The molecule has 0 saturated carbocycles. The monoisotopic (exact) mass is 345 g/mol. The molecule has 124 valence electrons. The van der Waals surface area contributed by atoms with Gasteiger partial charge in [-0.25, -0.2) is 4.98 Å². The zero-order valence-electron chi connectivity index (χ0n) is 12.6. The van der Waals surface area contributed by atoms with Crippen LogP contribution in [-0.4, -0.2) is 40.0 Å². The first kappa shape index (κ1) is 16.2. The van der Waals surface area contributed by atoms with E-state index in [1.807, 2.05) is 5.38 Å². The Morgan fingerprint density at radius 2 is 2.04 bits per heavy atom. The normalized spacial score (nSPS) is 14.0. The average molecular weight is 345 g/mol. The number of aromatic nitrogens is 1. The van der Waals surface area contributed by atoms with Crippen LogP contribution >= 0.6 is 11.3 Å². The second-order valence-corrected chi connectivity index (χ2v) is 5.92. The van der Waals surface area contributed by atoms with E-state index in [-0.39, 0.29) is 18.8 Å². The standard InChI is InChI=1S/C16H15N3O4S/c20-7-6-19-15(21)9-13(16(19)22)18-11-1-3-12(4-2-11)23-10-14-17-5-8-24-14/h1-5,8-9,18,20H,6-7,10H2. The number of hydrogen-bond acceptors (Lipinski definition) is 7. The Hall–Kier alpha value is -2.71. The van der Waals surface area contributed by atoms with Crippen molar-refractivity contribution in [2.24, 2.45) is 0 Å². The first-order valence-corrected chi connectivity index (χ1v) is 8.12. The van der Waals surface area contributed by atoms with E-state index in [1.165, 1.54) is 17.4 Å². The van der Waals surface area contributed by atoms with Gasteiger partial charge in [0.1, 0.15) is 23.1 Å². The number of carbonyl (C=O) groups excluding carboxylic acids is 2. The van der Waals surface area contributed by atoms with Crippen molar-refractivity contribution in [3.8, 4) is 5.75 Å². The number of aliphatic hydroxyl groups excluding tert-OH is 1. The number of nitrogens with zero attached hydrogens (tertiary/aromatic N) is 2. The first-order valence-electron chi connectivity index (χ1n) is 7.24. The molecule has 0 radical (unpaired) electrons. The lowest BCUT2D eigenvalue weighted by Crippen LogP contribution is -2.34. The Morgan fingerprint density at radius 3 is 2.71 bits per heavy atom. The van der Waals surface area contributed by atoms with Crippen LogP contribution in [0.1, 0.15) is 5.01 Å². The lowest BCUT2D eigenvalue weighted by Gasteiger charge is -2.13. The van der Waals surface area contributed by atoms with Crippen LogP contribution in [0.3, 0.4) is 0 Å². The van der Waals surface area contributed by atoms with Crippen LogP contribution in [0.15, 0.2) is 47.6 Å². The molecule has 0 unspecified atom stereocenters. The molecule has 0 atom stereocenters. The van der Waals surface area contributed by atoms with E-state index in [2.05, 4.69) is 10.3 Å². The molecule has 7 nitrogen and oxygen atoms in total. The number of anilines is 1. The van der Waals surface area contributed by atoms with E-state index in [0.717, 1.165) is 9.91 Å². The SMILES string of the molecule is O=C1C=C(Nc2ccc(OCc3nccs3)cc2)C(=O)N1CCO. The number of aliphatic hydroxyl groups is 1. The minimum atomic E-state index is -0.446. The molecule has 2 heterocycles. The Balaban J connectivity index is 1.59. The largest absolute Gasteiger partial charge is 0.486 e. The van der Waals surface area contributed by atoms with Crippen LogP contribution < -0.4 is 10.1 Å². The predicted molar refractivity (Wildman–Crippen MR) is 88.4 cm³/mol. The molecule has 0 fully saturated rings. The summed E-state index contributed by atoms with van der Waals surface area (Å²) in [4.78, 5) is 28.9. The molecule has 0 saturated heterocycles. The minimum Gasteiger partial charge on any atom is -0.486 e. The highest BCUT2D eigenvalue weighted by atomic mass is 32.1. The topological polar surface area (TPSA) is 91.8 Å². The van der Waals surface area contributed by atoms with Crippen LogP contribution in [-0.2, 0) is 16.2 Å².